The SMILES string of the molecule is CCc1ccc(C(C#N)NCCN(C)C)s1. The zero-order valence-electron chi connectivity index (χ0n) is 10.2. The van der Waals surface area contributed by atoms with Gasteiger partial charge in [-0.25, -0.2) is 0 Å². The van der Waals surface area contributed by atoms with Crippen LogP contribution in [-0.4, -0.2) is 32.1 Å². The van der Waals surface area contributed by atoms with E-state index < -0.39 is 0 Å². The second-order valence-electron chi connectivity index (χ2n) is 3.98. The number of nitriles is 1. The van der Waals surface area contributed by atoms with E-state index in [1.54, 1.807) is 11.3 Å². The molecule has 1 unspecified atom stereocenters. The molecule has 1 aromatic heterocycles. The van der Waals surface area contributed by atoms with E-state index in [0.717, 1.165) is 24.4 Å². The number of rotatable bonds is 6. The average Bonchev–Trinajstić information content (AvgIpc) is 2.72. The molecule has 16 heavy (non-hydrogen) atoms. The van der Waals surface area contributed by atoms with E-state index in [-0.39, 0.29) is 6.04 Å². The number of aryl methyl sites for hydroxylation is 1. The fourth-order valence-corrected chi connectivity index (χ4v) is 2.36. The van der Waals surface area contributed by atoms with Gasteiger partial charge in [0.05, 0.1) is 6.07 Å². The molecule has 1 heterocycles. The van der Waals surface area contributed by atoms with E-state index in [0.29, 0.717) is 0 Å². The van der Waals surface area contributed by atoms with E-state index >= 15 is 0 Å². The third-order valence-electron chi connectivity index (χ3n) is 2.35. The lowest BCUT2D eigenvalue weighted by Gasteiger charge is -2.13. The summed E-state index contributed by atoms with van der Waals surface area (Å²) in [6.45, 7) is 3.92. The average molecular weight is 237 g/mol. The summed E-state index contributed by atoms with van der Waals surface area (Å²) >= 11 is 1.73. The monoisotopic (exact) mass is 237 g/mol. The lowest BCUT2D eigenvalue weighted by Crippen LogP contribution is -2.28. The molecule has 0 fully saturated rings. The van der Waals surface area contributed by atoms with Crippen LogP contribution < -0.4 is 5.32 Å². The summed E-state index contributed by atoms with van der Waals surface area (Å²) in [6, 6.07) is 6.31. The second-order valence-corrected chi connectivity index (χ2v) is 5.18. The lowest BCUT2D eigenvalue weighted by atomic mass is 10.2. The molecule has 0 amide bonds. The standard InChI is InChI=1S/C12H19N3S/c1-4-10-5-6-12(16-10)11(9-13)14-7-8-15(2)3/h5-6,11,14H,4,7-8H2,1-3H3. The maximum Gasteiger partial charge on any atom is 0.130 e. The van der Waals surface area contributed by atoms with Gasteiger partial charge >= 0.3 is 0 Å². The molecular formula is C12H19N3S. The van der Waals surface area contributed by atoms with Gasteiger partial charge < -0.3 is 4.90 Å². The molecule has 0 spiro atoms. The van der Waals surface area contributed by atoms with Gasteiger partial charge in [-0.15, -0.1) is 11.3 Å². The van der Waals surface area contributed by atoms with Crippen molar-refractivity contribution in [3.63, 3.8) is 0 Å². The Morgan fingerprint density at radius 2 is 2.25 bits per heavy atom. The Morgan fingerprint density at radius 3 is 2.75 bits per heavy atom. The van der Waals surface area contributed by atoms with Crippen LogP contribution in [-0.2, 0) is 6.42 Å². The summed E-state index contributed by atoms with van der Waals surface area (Å²) in [5.74, 6) is 0. The predicted octanol–water partition coefficient (Wildman–Crippen LogP) is 2.03. The van der Waals surface area contributed by atoms with Gasteiger partial charge in [0.15, 0.2) is 0 Å². The highest BCUT2D eigenvalue weighted by Crippen LogP contribution is 2.23. The van der Waals surface area contributed by atoms with E-state index in [1.807, 2.05) is 14.1 Å². The van der Waals surface area contributed by atoms with Crippen LogP contribution in [0, 0.1) is 11.3 Å². The highest BCUT2D eigenvalue weighted by Gasteiger charge is 2.11. The summed E-state index contributed by atoms with van der Waals surface area (Å²) in [4.78, 5) is 4.57. The Bertz CT molecular complexity index is 351. The van der Waals surface area contributed by atoms with Gasteiger partial charge in [-0.2, -0.15) is 5.26 Å². The molecule has 0 bridgehead atoms. The molecule has 4 heteroatoms. The van der Waals surface area contributed by atoms with Crippen LogP contribution in [0.4, 0.5) is 0 Å². The molecule has 0 saturated heterocycles. The van der Waals surface area contributed by atoms with Gasteiger partial charge in [0.2, 0.25) is 0 Å². The van der Waals surface area contributed by atoms with Crippen molar-refractivity contribution < 1.29 is 0 Å². The van der Waals surface area contributed by atoms with Crippen molar-refractivity contribution in [1.29, 1.82) is 5.26 Å². The summed E-state index contributed by atoms with van der Waals surface area (Å²) in [5.41, 5.74) is 0. The van der Waals surface area contributed by atoms with Crippen molar-refractivity contribution in [3.8, 4) is 6.07 Å². The number of likely N-dealkylation sites (N-methyl/N-ethyl adjacent to an activating group) is 1. The van der Waals surface area contributed by atoms with Crippen LogP contribution in [0.1, 0.15) is 22.7 Å². The van der Waals surface area contributed by atoms with Crippen molar-refractivity contribution in [1.82, 2.24) is 10.2 Å². The van der Waals surface area contributed by atoms with Crippen molar-refractivity contribution in [2.75, 3.05) is 27.2 Å². The van der Waals surface area contributed by atoms with Crippen molar-refractivity contribution in [2.24, 2.45) is 0 Å². The maximum atomic E-state index is 9.11. The number of nitrogens with zero attached hydrogens (tertiary/aromatic N) is 2. The molecule has 1 rings (SSSR count). The number of hydrogen-bond acceptors (Lipinski definition) is 4. The number of hydrogen-bond donors (Lipinski definition) is 1. The third-order valence-corrected chi connectivity index (χ3v) is 3.65. The topological polar surface area (TPSA) is 39.1 Å². The third kappa shape index (κ3) is 3.93. The summed E-state index contributed by atoms with van der Waals surface area (Å²) < 4.78 is 0. The number of thiophene rings is 1. The minimum absolute atomic E-state index is 0.162. The van der Waals surface area contributed by atoms with Crippen molar-refractivity contribution in [3.05, 3.63) is 21.9 Å². The fourth-order valence-electron chi connectivity index (χ4n) is 1.38. The summed E-state index contributed by atoms with van der Waals surface area (Å²) in [5, 5.41) is 12.4. The first-order valence-corrected chi connectivity index (χ1v) is 6.35. The zero-order valence-corrected chi connectivity index (χ0v) is 11.0. The number of nitrogens with one attached hydrogen (secondary N) is 1. The minimum Gasteiger partial charge on any atom is -0.308 e. The van der Waals surface area contributed by atoms with E-state index in [9.17, 15) is 0 Å². The second kappa shape index (κ2) is 6.64. The lowest BCUT2D eigenvalue weighted by molar-refractivity contribution is 0.395. The molecule has 0 aliphatic carbocycles. The summed E-state index contributed by atoms with van der Waals surface area (Å²) in [6.07, 6.45) is 1.04. The van der Waals surface area contributed by atoms with E-state index in [2.05, 4.69) is 35.3 Å². The molecule has 1 aromatic rings. The smallest absolute Gasteiger partial charge is 0.130 e. The molecule has 0 aliphatic rings. The van der Waals surface area contributed by atoms with Crippen LogP contribution in [0.5, 0.6) is 0 Å². The molecule has 3 nitrogen and oxygen atoms in total. The largest absolute Gasteiger partial charge is 0.308 e. The van der Waals surface area contributed by atoms with Crippen LogP contribution in [0.3, 0.4) is 0 Å². The maximum absolute atomic E-state index is 9.11. The van der Waals surface area contributed by atoms with Gasteiger partial charge in [-0.05, 0) is 32.6 Å². The predicted molar refractivity (Wildman–Crippen MR) is 68.6 cm³/mol. The first-order valence-electron chi connectivity index (χ1n) is 5.53. The molecule has 1 atom stereocenters. The van der Waals surface area contributed by atoms with Crippen molar-refractivity contribution in [2.45, 2.75) is 19.4 Å². The highest BCUT2D eigenvalue weighted by molar-refractivity contribution is 7.12. The molecule has 88 valence electrons. The molecule has 0 radical (unpaired) electrons. The van der Waals surface area contributed by atoms with E-state index in [1.165, 1.54) is 4.88 Å². The van der Waals surface area contributed by atoms with E-state index in [4.69, 9.17) is 5.26 Å². The minimum atomic E-state index is -0.162. The van der Waals surface area contributed by atoms with Gasteiger partial charge in [0.1, 0.15) is 6.04 Å². The Kier molecular flexibility index (Phi) is 5.47. The molecule has 0 saturated carbocycles. The quantitative estimate of drug-likeness (QED) is 0.823. The molecular weight excluding hydrogens is 218 g/mol. The molecule has 1 N–H and O–H groups in total. The Hall–Kier alpha value is -0.890. The van der Waals surface area contributed by atoms with Crippen LogP contribution in [0.15, 0.2) is 12.1 Å². The zero-order chi connectivity index (χ0) is 12.0. The normalized spacial score (nSPS) is 12.7. The van der Waals surface area contributed by atoms with Gasteiger partial charge in [0, 0.05) is 22.8 Å². The first-order chi connectivity index (χ1) is 7.67. The Morgan fingerprint density at radius 1 is 1.50 bits per heavy atom. The summed E-state index contributed by atoms with van der Waals surface area (Å²) in [7, 11) is 4.06. The van der Waals surface area contributed by atoms with Crippen LogP contribution in [0.25, 0.3) is 0 Å². The first kappa shape index (κ1) is 13.2. The highest BCUT2D eigenvalue weighted by atomic mass is 32.1. The molecule has 0 aromatic carbocycles. The van der Waals surface area contributed by atoms with Gasteiger partial charge in [0.25, 0.3) is 0 Å². The molecule has 0 aliphatic heterocycles. The van der Waals surface area contributed by atoms with Crippen LogP contribution >= 0.6 is 11.3 Å². The van der Waals surface area contributed by atoms with Crippen LogP contribution in [0.2, 0.25) is 0 Å². The Balaban J connectivity index is 2.51. The van der Waals surface area contributed by atoms with Crippen molar-refractivity contribution >= 4 is 11.3 Å². The fraction of sp³-hybridized carbons (Fsp3) is 0.583. The Labute approximate surface area is 102 Å². The van der Waals surface area contributed by atoms with Gasteiger partial charge in [-0.3, -0.25) is 5.32 Å². The van der Waals surface area contributed by atoms with Gasteiger partial charge in [-0.1, -0.05) is 6.92 Å².